The second kappa shape index (κ2) is 13.0. The van der Waals surface area contributed by atoms with Crippen LogP contribution >= 0.6 is 0 Å². The topological polar surface area (TPSA) is 53.1 Å². The highest BCUT2D eigenvalue weighted by molar-refractivity contribution is 5.76. The molecule has 6 nitrogen and oxygen atoms in total. The van der Waals surface area contributed by atoms with Crippen LogP contribution in [0.25, 0.3) is 0 Å². The molecule has 1 aliphatic rings. The van der Waals surface area contributed by atoms with E-state index >= 15 is 0 Å². The molecule has 1 unspecified atom stereocenters. The first-order valence-corrected chi connectivity index (χ1v) is 14.1. The summed E-state index contributed by atoms with van der Waals surface area (Å²) < 4.78 is 101. The van der Waals surface area contributed by atoms with Crippen LogP contribution in [0.1, 0.15) is 65.4 Å². The van der Waals surface area contributed by atoms with E-state index in [0.29, 0.717) is 23.3 Å². The number of amides is 3. The van der Waals surface area contributed by atoms with Crippen LogP contribution in [-0.4, -0.2) is 53.5 Å². The van der Waals surface area contributed by atoms with Gasteiger partial charge in [-0.2, -0.15) is 26.3 Å². The first kappa shape index (κ1) is 33.6. The lowest BCUT2D eigenvalue weighted by Gasteiger charge is -2.44. The maximum atomic E-state index is 14.0. The smallest absolute Gasteiger partial charge is 0.416 e. The number of carbonyl (C=O) groups excluding carboxylic acids is 2. The van der Waals surface area contributed by atoms with E-state index in [1.165, 1.54) is 42.0 Å². The summed E-state index contributed by atoms with van der Waals surface area (Å²) in [6.45, 7) is 4.61. The molecule has 45 heavy (non-hydrogen) atoms. The molecule has 1 aliphatic heterocycles. The highest BCUT2D eigenvalue weighted by Gasteiger charge is 2.40. The Bertz CT molecular complexity index is 1500. The lowest BCUT2D eigenvalue weighted by atomic mass is 9.97. The summed E-state index contributed by atoms with van der Waals surface area (Å²) in [4.78, 5) is 30.9. The van der Waals surface area contributed by atoms with Crippen molar-refractivity contribution in [3.05, 3.63) is 106 Å². The minimum atomic E-state index is -5.05. The van der Waals surface area contributed by atoms with Crippen molar-refractivity contribution in [1.82, 2.24) is 14.7 Å². The van der Waals surface area contributed by atoms with E-state index in [2.05, 4.69) is 0 Å². The average Bonchev–Trinajstić information content (AvgIpc) is 2.99. The molecule has 4 rings (SSSR count). The summed E-state index contributed by atoms with van der Waals surface area (Å²) in [6.07, 6.45) is -11.3. The SMILES string of the molecule is Cc1cc(F)ccc1[C@@H]1CN(C(=O)OC(C)c2ccccc2)CCN1C(=O)N(C)[C@@H](C)c1cc(C(F)(F)F)cc(C(F)(F)F)c1. The third kappa shape index (κ3) is 7.69. The zero-order valence-electron chi connectivity index (χ0n) is 24.9. The van der Waals surface area contributed by atoms with E-state index in [-0.39, 0.29) is 31.3 Å². The van der Waals surface area contributed by atoms with Gasteiger partial charge in [-0.3, -0.25) is 0 Å². The molecule has 1 fully saturated rings. The van der Waals surface area contributed by atoms with Gasteiger partial charge in [-0.05, 0) is 73.4 Å². The van der Waals surface area contributed by atoms with Gasteiger partial charge in [-0.15, -0.1) is 0 Å². The van der Waals surface area contributed by atoms with Gasteiger partial charge >= 0.3 is 24.5 Å². The lowest BCUT2D eigenvalue weighted by Crippen LogP contribution is -2.55. The van der Waals surface area contributed by atoms with Crippen molar-refractivity contribution in [2.45, 2.75) is 51.3 Å². The molecule has 3 aromatic rings. The summed E-state index contributed by atoms with van der Waals surface area (Å²) >= 11 is 0. The van der Waals surface area contributed by atoms with Crippen LogP contribution < -0.4 is 0 Å². The largest absolute Gasteiger partial charge is 0.442 e. The number of carbonyl (C=O) groups is 2. The molecule has 1 saturated heterocycles. The molecule has 0 saturated carbocycles. The minimum Gasteiger partial charge on any atom is -0.442 e. The van der Waals surface area contributed by atoms with Crippen LogP contribution in [-0.2, 0) is 17.1 Å². The number of nitrogens with zero attached hydrogens (tertiary/aromatic N) is 3. The zero-order valence-corrected chi connectivity index (χ0v) is 24.9. The van der Waals surface area contributed by atoms with Gasteiger partial charge in [-0.25, -0.2) is 14.0 Å². The average molecular weight is 640 g/mol. The molecule has 0 aliphatic carbocycles. The van der Waals surface area contributed by atoms with Gasteiger partial charge in [0, 0.05) is 26.7 Å². The fourth-order valence-electron chi connectivity index (χ4n) is 5.29. The lowest BCUT2D eigenvalue weighted by molar-refractivity contribution is -0.143. The minimum absolute atomic E-state index is 0.0301. The van der Waals surface area contributed by atoms with Crippen molar-refractivity contribution >= 4 is 12.1 Å². The Kier molecular flexibility index (Phi) is 9.69. The molecule has 3 aromatic carbocycles. The number of piperazine rings is 1. The highest BCUT2D eigenvalue weighted by atomic mass is 19.4. The van der Waals surface area contributed by atoms with Gasteiger partial charge in [0.2, 0.25) is 0 Å². The van der Waals surface area contributed by atoms with Crippen molar-refractivity contribution in [3.63, 3.8) is 0 Å². The predicted molar refractivity (Wildman–Crippen MR) is 152 cm³/mol. The highest BCUT2D eigenvalue weighted by Crippen LogP contribution is 2.39. The number of hydrogen-bond acceptors (Lipinski definition) is 3. The van der Waals surface area contributed by atoms with E-state index in [9.17, 15) is 40.3 Å². The van der Waals surface area contributed by atoms with Crippen LogP contribution in [0.3, 0.4) is 0 Å². The number of urea groups is 1. The Morgan fingerprint density at radius 1 is 0.867 bits per heavy atom. The summed E-state index contributed by atoms with van der Waals surface area (Å²) in [6, 6.07) is 11.5. The van der Waals surface area contributed by atoms with Crippen molar-refractivity contribution in [2.24, 2.45) is 0 Å². The van der Waals surface area contributed by atoms with Gasteiger partial charge in [0.25, 0.3) is 0 Å². The Morgan fingerprint density at radius 2 is 1.47 bits per heavy atom. The third-order valence-electron chi connectivity index (χ3n) is 8.00. The quantitative estimate of drug-likeness (QED) is 0.263. The number of alkyl halides is 6. The van der Waals surface area contributed by atoms with Crippen LogP contribution in [0.2, 0.25) is 0 Å². The first-order chi connectivity index (χ1) is 21.0. The summed E-state index contributed by atoms with van der Waals surface area (Å²) in [5.41, 5.74) is -1.58. The van der Waals surface area contributed by atoms with Gasteiger partial charge in [0.05, 0.1) is 23.2 Å². The van der Waals surface area contributed by atoms with E-state index in [1.807, 2.05) is 6.07 Å². The van der Waals surface area contributed by atoms with Crippen LogP contribution in [0.4, 0.5) is 40.3 Å². The van der Waals surface area contributed by atoms with Crippen LogP contribution in [0, 0.1) is 12.7 Å². The number of hydrogen-bond donors (Lipinski definition) is 0. The molecule has 3 amide bonds. The van der Waals surface area contributed by atoms with Crippen molar-refractivity contribution in [3.8, 4) is 0 Å². The van der Waals surface area contributed by atoms with Crippen molar-refractivity contribution in [1.29, 1.82) is 0 Å². The second-order valence-electron chi connectivity index (χ2n) is 11.0. The fraction of sp³-hybridized carbons (Fsp3) is 0.375. The zero-order chi connectivity index (χ0) is 33.3. The van der Waals surface area contributed by atoms with Gasteiger partial charge in [0.1, 0.15) is 11.9 Å². The summed E-state index contributed by atoms with van der Waals surface area (Å²) in [5, 5.41) is 0. The Balaban J connectivity index is 1.62. The molecule has 0 radical (unpaired) electrons. The van der Waals surface area contributed by atoms with Crippen molar-refractivity contribution < 1.29 is 45.1 Å². The summed E-state index contributed by atoms with van der Waals surface area (Å²) in [7, 11) is 1.28. The van der Waals surface area contributed by atoms with E-state index < -0.39 is 59.6 Å². The number of aryl methyl sites for hydroxylation is 1. The number of benzene rings is 3. The molecule has 0 aromatic heterocycles. The standard InChI is InChI=1S/C32H32F7N3O3/c1-19-14-26(33)10-11-27(19)28-18-41(30(44)45-21(3)22-8-6-5-7-9-22)12-13-42(28)29(43)40(4)20(2)23-15-24(31(34,35)36)17-25(16-23)32(37,38)39/h5-11,14-17,20-21,28H,12-13,18H2,1-4H3/t20-,21?,28-/m0/s1. The van der Waals surface area contributed by atoms with Gasteiger partial charge < -0.3 is 19.4 Å². The van der Waals surface area contributed by atoms with E-state index in [1.54, 1.807) is 38.1 Å². The maximum Gasteiger partial charge on any atom is 0.416 e. The normalized spacial score (nSPS) is 17.1. The molecule has 13 heteroatoms. The third-order valence-corrected chi connectivity index (χ3v) is 8.00. The maximum absolute atomic E-state index is 14.0. The molecule has 0 spiro atoms. The second-order valence-corrected chi connectivity index (χ2v) is 11.0. The number of ether oxygens (including phenoxy) is 1. The van der Waals surface area contributed by atoms with E-state index in [0.717, 1.165) is 10.5 Å². The molecular weight excluding hydrogens is 607 g/mol. The first-order valence-electron chi connectivity index (χ1n) is 14.1. The molecule has 3 atom stereocenters. The Hall–Kier alpha value is -4.29. The predicted octanol–water partition coefficient (Wildman–Crippen LogP) is 8.54. The Morgan fingerprint density at radius 3 is 2.02 bits per heavy atom. The van der Waals surface area contributed by atoms with Crippen molar-refractivity contribution in [2.75, 3.05) is 26.7 Å². The monoisotopic (exact) mass is 639 g/mol. The molecule has 0 N–H and O–H groups in total. The van der Waals surface area contributed by atoms with Crippen LogP contribution in [0.5, 0.6) is 0 Å². The number of rotatable bonds is 5. The molecule has 0 bridgehead atoms. The van der Waals surface area contributed by atoms with E-state index in [4.69, 9.17) is 4.74 Å². The number of halogens is 7. The molecule has 242 valence electrons. The summed E-state index contributed by atoms with van der Waals surface area (Å²) in [5.74, 6) is -0.520. The Labute approximate surface area is 256 Å². The molecular formula is C32H32F7N3O3. The fourth-order valence-corrected chi connectivity index (χ4v) is 5.29. The van der Waals surface area contributed by atoms with Crippen LogP contribution in [0.15, 0.2) is 66.7 Å². The van der Waals surface area contributed by atoms with Gasteiger partial charge in [0.15, 0.2) is 0 Å². The van der Waals surface area contributed by atoms with Gasteiger partial charge in [-0.1, -0.05) is 36.4 Å². The molecule has 1 heterocycles.